The zero-order valence-electron chi connectivity index (χ0n) is 16.8. The van der Waals surface area contributed by atoms with E-state index in [0.717, 1.165) is 28.2 Å². The van der Waals surface area contributed by atoms with Crippen LogP contribution in [-0.4, -0.2) is 22.4 Å². The minimum Gasteiger partial charge on any atom is -0.318 e. The summed E-state index contributed by atoms with van der Waals surface area (Å²) in [5.74, 6) is 0.574. The first kappa shape index (κ1) is 24.0. The van der Waals surface area contributed by atoms with Gasteiger partial charge >= 0.3 is 0 Å². The molecule has 0 aliphatic rings. The van der Waals surface area contributed by atoms with Crippen LogP contribution in [-0.2, 0) is 10.5 Å². The fourth-order valence-electron chi connectivity index (χ4n) is 3.06. The monoisotopic (exact) mass is 513 g/mol. The van der Waals surface area contributed by atoms with Gasteiger partial charge in [-0.05, 0) is 55.8 Å². The van der Waals surface area contributed by atoms with Crippen LogP contribution in [0.25, 0.3) is 5.69 Å². The van der Waals surface area contributed by atoms with Crippen LogP contribution in [0.15, 0.2) is 47.6 Å². The highest BCUT2D eigenvalue weighted by atomic mass is 35.5. The summed E-state index contributed by atoms with van der Waals surface area (Å²) in [4.78, 5) is 12.1. The molecule has 2 aromatic carbocycles. The minimum absolute atomic E-state index is 0.206. The van der Waals surface area contributed by atoms with Gasteiger partial charge in [0.1, 0.15) is 0 Å². The second-order valence-electron chi connectivity index (χ2n) is 6.75. The maximum Gasteiger partial charge on any atom is 0.250 e. The molecule has 162 valence electrons. The van der Waals surface area contributed by atoms with Crippen molar-refractivity contribution in [3.05, 3.63) is 85.1 Å². The molecule has 0 aliphatic heterocycles. The Morgan fingerprint density at radius 3 is 2.42 bits per heavy atom. The number of hydrazone groups is 1. The summed E-state index contributed by atoms with van der Waals surface area (Å²) in [7, 11) is 0. The number of nitrogens with one attached hydrogen (secondary N) is 1. The lowest BCUT2D eigenvalue weighted by atomic mass is 10.2. The minimum atomic E-state index is -0.206. The molecule has 0 aliphatic carbocycles. The normalized spacial score (nSPS) is 11.3. The molecule has 0 unspecified atom stereocenters. The van der Waals surface area contributed by atoms with E-state index in [-0.39, 0.29) is 11.7 Å². The maximum atomic E-state index is 12.1. The number of hydrogen-bond donors (Lipinski definition) is 1. The van der Waals surface area contributed by atoms with E-state index in [1.54, 1.807) is 30.5 Å². The molecule has 0 saturated carbocycles. The number of benzene rings is 2. The van der Waals surface area contributed by atoms with Gasteiger partial charge in [0.15, 0.2) is 0 Å². The lowest BCUT2D eigenvalue weighted by molar-refractivity contribution is -0.118. The number of aromatic nitrogens is 1. The molecular formula is C22H19Cl4N3OS. The first-order valence-corrected chi connectivity index (χ1v) is 11.9. The molecule has 4 nitrogen and oxygen atoms in total. The van der Waals surface area contributed by atoms with E-state index in [0.29, 0.717) is 25.8 Å². The van der Waals surface area contributed by atoms with Crippen molar-refractivity contribution in [2.75, 3.05) is 5.75 Å². The second kappa shape index (κ2) is 10.8. The predicted octanol–water partition coefficient (Wildman–Crippen LogP) is 7.09. The van der Waals surface area contributed by atoms with E-state index in [1.807, 2.05) is 32.0 Å². The molecule has 1 N–H and O–H groups in total. The van der Waals surface area contributed by atoms with Crippen LogP contribution in [0.3, 0.4) is 0 Å². The number of rotatable bonds is 7. The summed E-state index contributed by atoms with van der Waals surface area (Å²) in [5.41, 5.74) is 7.15. The molecular weight excluding hydrogens is 496 g/mol. The smallest absolute Gasteiger partial charge is 0.250 e. The first-order chi connectivity index (χ1) is 14.8. The summed E-state index contributed by atoms with van der Waals surface area (Å²) in [6, 6.07) is 12.8. The lowest BCUT2D eigenvalue weighted by Crippen LogP contribution is -2.19. The molecule has 3 rings (SSSR count). The van der Waals surface area contributed by atoms with Gasteiger partial charge in [0, 0.05) is 38.4 Å². The fraction of sp³-hybridized carbons (Fsp3) is 0.182. The van der Waals surface area contributed by atoms with Crippen LogP contribution in [0.4, 0.5) is 0 Å². The number of hydrogen-bond acceptors (Lipinski definition) is 3. The number of amides is 1. The lowest BCUT2D eigenvalue weighted by Gasteiger charge is -2.10. The van der Waals surface area contributed by atoms with Gasteiger partial charge in [-0.1, -0.05) is 52.5 Å². The van der Waals surface area contributed by atoms with Gasteiger partial charge in [0.25, 0.3) is 0 Å². The average molecular weight is 515 g/mol. The number of halogens is 4. The Morgan fingerprint density at radius 2 is 1.74 bits per heavy atom. The second-order valence-corrected chi connectivity index (χ2v) is 9.36. The Morgan fingerprint density at radius 1 is 1.03 bits per heavy atom. The number of thioether (sulfide) groups is 1. The Balaban J connectivity index is 1.59. The Bertz CT molecular complexity index is 1120. The van der Waals surface area contributed by atoms with Gasteiger partial charge in [-0.2, -0.15) is 5.10 Å². The van der Waals surface area contributed by atoms with Gasteiger partial charge in [-0.15, -0.1) is 11.8 Å². The van der Waals surface area contributed by atoms with Crippen LogP contribution in [0.5, 0.6) is 0 Å². The van der Waals surface area contributed by atoms with Crippen molar-refractivity contribution in [3.8, 4) is 5.69 Å². The highest BCUT2D eigenvalue weighted by Gasteiger charge is 2.11. The van der Waals surface area contributed by atoms with Gasteiger partial charge < -0.3 is 4.57 Å². The molecule has 1 heterocycles. The Hall–Kier alpha value is -1.63. The van der Waals surface area contributed by atoms with E-state index < -0.39 is 0 Å². The third-order valence-corrected chi connectivity index (χ3v) is 6.97. The average Bonchev–Trinajstić information content (AvgIpc) is 3.00. The molecule has 0 radical (unpaired) electrons. The Labute approximate surface area is 205 Å². The molecule has 0 saturated heterocycles. The van der Waals surface area contributed by atoms with Crippen LogP contribution in [0.2, 0.25) is 20.1 Å². The number of carbonyl (C=O) groups is 1. The molecule has 1 amide bonds. The molecule has 3 aromatic rings. The number of aryl methyl sites for hydroxylation is 1. The van der Waals surface area contributed by atoms with Gasteiger partial charge in [0.05, 0.1) is 22.0 Å². The summed E-state index contributed by atoms with van der Waals surface area (Å²) < 4.78 is 2.05. The van der Waals surface area contributed by atoms with Gasteiger partial charge in [0.2, 0.25) is 5.91 Å². The van der Waals surface area contributed by atoms with Crippen molar-refractivity contribution in [2.45, 2.75) is 19.6 Å². The number of nitrogens with zero attached hydrogens (tertiary/aromatic N) is 2. The Kier molecular flexibility index (Phi) is 8.36. The van der Waals surface area contributed by atoms with Crippen molar-refractivity contribution in [2.24, 2.45) is 5.10 Å². The standard InChI is InChI=1S/C22H19Cl4N3OS/c1-13-8-15(14(2)29(13)16-6-7-20(25)21(26)9-16)10-27-28-22(30)12-31-11-17-18(23)4-3-5-19(17)24/h3-10H,11-12H2,1-2H3,(H,28,30)/b27-10-. The van der Waals surface area contributed by atoms with Crippen LogP contribution in [0, 0.1) is 13.8 Å². The third-order valence-electron chi connectivity index (χ3n) is 4.57. The van der Waals surface area contributed by atoms with Crippen molar-refractivity contribution in [3.63, 3.8) is 0 Å². The zero-order valence-corrected chi connectivity index (χ0v) is 20.6. The summed E-state index contributed by atoms with van der Waals surface area (Å²) in [5, 5.41) is 6.28. The quantitative estimate of drug-likeness (QED) is 0.270. The van der Waals surface area contributed by atoms with Crippen LogP contribution < -0.4 is 5.43 Å². The molecule has 0 bridgehead atoms. The zero-order chi connectivity index (χ0) is 22.5. The highest BCUT2D eigenvalue weighted by molar-refractivity contribution is 7.99. The summed E-state index contributed by atoms with van der Waals surface area (Å²) in [6.07, 6.45) is 1.63. The van der Waals surface area contributed by atoms with Gasteiger partial charge in [-0.25, -0.2) is 5.43 Å². The van der Waals surface area contributed by atoms with Crippen molar-refractivity contribution in [1.29, 1.82) is 0 Å². The fourth-order valence-corrected chi connectivity index (χ4v) is 4.91. The van der Waals surface area contributed by atoms with E-state index in [4.69, 9.17) is 46.4 Å². The number of carbonyl (C=O) groups excluding carboxylic acids is 1. The maximum absolute atomic E-state index is 12.1. The molecule has 31 heavy (non-hydrogen) atoms. The highest BCUT2D eigenvalue weighted by Crippen LogP contribution is 2.29. The topological polar surface area (TPSA) is 46.4 Å². The van der Waals surface area contributed by atoms with E-state index >= 15 is 0 Å². The third kappa shape index (κ3) is 5.99. The molecule has 1 aromatic heterocycles. The van der Waals surface area contributed by atoms with Crippen molar-refractivity contribution >= 4 is 70.3 Å². The van der Waals surface area contributed by atoms with E-state index in [9.17, 15) is 4.79 Å². The SMILES string of the molecule is Cc1cc(/C=N\NC(=O)CSCc2c(Cl)cccc2Cl)c(C)n1-c1ccc(Cl)c(Cl)c1. The van der Waals surface area contributed by atoms with E-state index in [1.165, 1.54) is 11.8 Å². The van der Waals surface area contributed by atoms with Crippen LogP contribution >= 0.6 is 58.2 Å². The summed E-state index contributed by atoms with van der Waals surface area (Å²) >= 11 is 25.9. The molecule has 0 spiro atoms. The van der Waals surface area contributed by atoms with Crippen molar-refractivity contribution in [1.82, 2.24) is 9.99 Å². The summed E-state index contributed by atoms with van der Waals surface area (Å²) in [6.45, 7) is 3.96. The molecule has 0 fully saturated rings. The van der Waals surface area contributed by atoms with Gasteiger partial charge in [-0.3, -0.25) is 4.79 Å². The van der Waals surface area contributed by atoms with E-state index in [2.05, 4.69) is 15.1 Å². The largest absolute Gasteiger partial charge is 0.318 e. The first-order valence-electron chi connectivity index (χ1n) is 9.25. The molecule has 0 atom stereocenters. The van der Waals surface area contributed by atoms with Crippen molar-refractivity contribution < 1.29 is 4.79 Å². The molecule has 9 heteroatoms. The van der Waals surface area contributed by atoms with Crippen LogP contribution in [0.1, 0.15) is 22.5 Å². The predicted molar refractivity (Wildman–Crippen MR) is 134 cm³/mol.